The van der Waals surface area contributed by atoms with Gasteiger partial charge in [0.25, 0.3) is 0 Å². The molecule has 8 heteroatoms. The van der Waals surface area contributed by atoms with Crippen LogP contribution in [-0.2, 0) is 23.0 Å². The summed E-state index contributed by atoms with van der Waals surface area (Å²) in [7, 11) is -5.73. The van der Waals surface area contributed by atoms with Crippen molar-refractivity contribution in [1.29, 1.82) is 0 Å². The highest BCUT2D eigenvalue weighted by molar-refractivity contribution is 7.88. The van der Waals surface area contributed by atoms with Gasteiger partial charge in [0.2, 0.25) is 0 Å². The van der Waals surface area contributed by atoms with E-state index in [1.54, 1.807) is 6.07 Å². The third-order valence-corrected chi connectivity index (χ3v) is 4.83. The van der Waals surface area contributed by atoms with E-state index in [1.165, 1.54) is 6.07 Å². The zero-order valence-corrected chi connectivity index (χ0v) is 14.0. The molecule has 134 valence electrons. The van der Waals surface area contributed by atoms with E-state index in [9.17, 15) is 21.6 Å². The number of halogens is 3. The molecule has 0 aromatic heterocycles. The average Bonchev–Trinajstić information content (AvgIpc) is 2.92. The van der Waals surface area contributed by atoms with Crippen LogP contribution in [0.4, 0.5) is 13.2 Å². The van der Waals surface area contributed by atoms with E-state index in [-0.39, 0.29) is 11.9 Å². The lowest BCUT2D eigenvalue weighted by Gasteiger charge is -2.14. The second-order valence-electron chi connectivity index (χ2n) is 5.86. The molecule has 1 aliphatic heterocycles. The quantitative estimate of drug-likeness (QED) is 0.606. The van der Waals surface area contributed by atoms with Crippen molar-refractivity contribution in [3.05, 3.63) is 59.2 Å². The zero-order valence-electron chi connectivity index (χ0n) is 13.2. The molecule has 25 heavy (non-hydrogen) atoms. The molecule has 1 heterocycles. The summed E-state index contributed by atoms with van der Waals surface area (Å²) < 4.78 is 69.9. The van der Waals surface area contributed by atoms with Gasteiger partial charge in [-0.15, -0.1) is 0 Å². The summed E-state index contributed by atoms with van der Waals surface area (Å²) in [6, 6.07) is 12.1. The molecular weight excluding hydrogens is 357 g/mol. The first-order valence-electron chi connectivity index (χ1n) is 7.50. The average molecular weight is 372 g/mol. The van der Waals surface area contributed by atoms with Gasteiger partial charge in [-0.05, 0) is 18.6 Å². The summed E-state index contributed by atoms with van der Waals surface area (Å²) in [6.45, 7) is 1.97. The summed E-state index contributed by atoms with van der Waals surface area (Å²) in [5.41, 5.74) is -2.73. The summed E-state index contributed by atoms with van der Waals surface area (Å²) in [5, 5.41) is 0. The summed E-state index contributed by atoms with van der Waals surface area (Å²) in [4.78, 5) is 0. The van der Waals surface area contributed by atoms with Crippen LogP contribution in [-0.4, -0.2) is 20.0 Å². The normalized spacial score (nSPS) is 17.0. The number of aryl methyl sites for hydroxylation is 1. The third kappa shape index (κ3) is 3.73. The van der Waals surface area contributed by atoms with Crippen LogP contribution in [0.2, 0.25) is 0 Å². The number of alkyl halides is 3. The molecule has 0 saturated carbocycles. The van der Waals surface area contributed by atoms with E-state index >= 15 is 0 Å². The first-order valence-corrected chi connectivity index (χ1v) is 8.91. The second-order valence-corrected chi connectivity index (χ2v) is 7.40. The van der Waals surface area contributed by atoms with Crippen molar-refractivity contribution in [2.24, 2.45) is 0 Å². The predicted octanol–water partition coefficient (Wildman–Crippen LogP) is 3.77. The minimum absolute atomic E-state index is 0.0486. The summed E-state index contributed by atoms with van der Waals surface area (Å²) >= 11 is 0. The molecule has 0 N–H and O–H groups in total. The predicted molar refractivity (Wildman–Crippen MR) is 85.0 cm³/mol. The molecule has 0 aliphatic carbocycles. The molecule has 0 saturated heterocycles. The van der Waals surface area contributed by atoms with Crippen molar-refractivity contribution >= 4 is 10.1 Å². The first-order chi connectivity index (χ1) is 11.7. The largest absolute Gasteiger partial charge is 0.534 e. The minimum Gasteiger partial charge on any atom is -0.485 e. The fraction of sp³-hybridized carbons (Fsp3) is 0.294. The van der Waals surface area contributed by atoms with Gasteiger partial charge < -0.3 is 8.92 Å². The second kappa shape index (κ2) is 6.25. The molecule has 0 bridgehead atoms. The van der Waals surface area contributed by atoms with Crippen LogP contribution in [0.3, 0.4) is 0 Å². The lowest BCUT2D eigenvalue weighted by Crippen LogP contribution is -2.28. The molecule has 1 unspecified atom stereocenters. The molecule has 2 aromatic carbocycles. The van der Waals surface area contributed by atoms with E-state index in [4.69, 9.17) is 4.74 Å². The molecule has 0 amide bonds. The van der Waals surface area contributed by atoms with Crippen LogP contribution in [0, 0.1) is 6.92 Å². The van der Waals surface area contributed by atoms with E-state index in [1.807, 2.05) is 31.2 Å². The van der Waals surface area contributed by atoms with Crippen molar-refractivity contribution in [2.45, 2.75) is 31.4 Å². The van der Waals surface area contributed by atoms with Gasteiger partial charge in [-0.1, -0.05) is 42.0 Å². The van der Waals surface area contributed by atoms with E-state index in [2.05, 4.69) is 4.18 Å². The molecule has 1 aliphatic rings. The molecule has 0 fully saturated rings. The molecular formula is C17H15F3O4S. The SMILES string of the molecule is Cc1ccc(CC2Cc3cccc(OS(=O)(=O)C(F)(F)F)c3O2)cc1. The number of benzene rings is 2. The van der Waals surface area contributed by atoms with E-state index in [0.29, 0.717) is 18.4 Å². The molecule has 0 radical (unpaired) electrons. The number of hydrogen-bond donors (Lipinski definition) is 0. The van der Waals surface area contributed by atoms with Crippen LogP contribution in [0.5, 0.6) is 11.5 Å². The molecule has 1 atom stereocenters. The topological polar surface area (TPSA) is 52.6 Å². The Balaban J connectivity index is 1.79. The molecule has 3 rings (SSSR count). The van der Waals surface area contributed by atoms with Gasteiger partial charge in [0.1, 0.15) is 6.10 Å². The van der Waals surface area contributed by atoms with E-state index < -0.39 is 21.4 Å². The van der Waals surface area contributed by atoms with Gasteiger partial charge in [-0.3, -0.25) is 0 Å². The number of hydrogen-bond acceptors (Lipinski definition) is 4. The van der Waals surface area contributed by atoms with Crippen LogP contribution in [0.15, 0.2) is 42.5 Å². The maximum atomic E-state index is 12.5. The maximum absolute atomic E-state index is 12.5. The van der Waals surface area contributed by atoms with Crippen molar-refractivity contribution in [1.82, 2.24) is 0 Å². The number of fused-ring (bicyclic) bond motifs is 1. The van der Waals surface area contributed by atoms with Gasteiger partial charge in [0.15, 0.2) is 11.5 Å². The van der Waals surface area contributed by atoms with Gasteiger partial charge in [-0.25, -0.2) is 0 Å². The fourth-order valence-corrected chi connectivity index (χ4v) is 3.10. The van der Waals surface area contributed by atoms with Crippen LogP contribution in [0.1, 0.15) is 16.7 Å². The highest BCUT2D eigenvalue weighted by Crippen LogP contribution is 2.40. The lowest BCUT2D eigenvalue weighted by molar-refractivity contribution is -0.0500. The maximum Gasteiger partial charge on any atom is 0.534 e. The van der Waals surface area contributed by atoms with Gasteiger partial charge in [-0.2, -0.15) is 21.6 Å². The first kappa shape index (κ1) is 17.6. The Morgan fingerprint density at radius 2 is 1.84 bits per heavy atom. The van der Waals surface area contributed by atoms with Crippen molar-refractivity contribution in [2.75, 3.05) is 0 Å². The van der Waals surface area contributed by atoms with Crippen molar-refractivity contribution in [3.63, 3.8) is 0 Å². The lowest BCUT2D eigenvalue weighted by atomic mass is 10.0. The third-order valence-electron chi connectivity index (χ3n) is 3.86. The standard InChI is InChI=1S/C17H15F3O4S/c1-11-5-7-12(8-6-11)9-14-10-13-3-2-4-15(16(13)23-14)24-25(21,22)17(18,19)20/h2-8,14H,9-10H2,1H3. The zero-order chi connectivity index (χ0) is 18.2. The fourth-order valence-electron chi connectivity index (χ4n) is 2.64. The van der Waals surface area contributed by atoms with Gasteiger partial charge in [0, 0.05) is 18.4 Å². The Bertz CT molecular complexity index is 874. The van der Waals surface area contributed by atoms with Crippen LogP contribution >= 0.6 is 0 Å². The highest BCUT2D eigenvalue weighted by atomic mass is 32.2. The molecule has 2 aromatic rings. The van der Waals surface area contributed by atoms with Gasteiger partial charge >= 0.3 is 15.6 Å². The Morgan fingerprint density at radius 1 is 1.16 bits per heavy atom. The van der Waals surface area contributed by atoms with E-state index in [0.717, 1.165) is 17.2 Å². The van der Waals surface area contributed by atoms with Crippen molar-refractivity contribution < 1.29 is 30.5 Å². The smallest absolute Gasteiger partial charge is 0.485 e. The van der Waals surface area contributed by atoms with Crippen LogP contribution in [0.25, 0.3) is 0 Å². The summed E-state index contributed by atoms with van der Waals surface area (Å²) in [5.74, 6) is -0.395. The Kier molecular flexibility index (Phi) is 4.40. The Labute approximate surface area is 143 Å². The van der Waals surface area contributed by atoms with Crippen LogP contribution < -0.4 is 8.92 Å². The van der Waals surface area contributed by atoms with Gasteiger partial charge in [0.05, 0.1) is 0 Å². The Hall–Kier alpha value is -2.22. The highest BCUT2D eigenvalue weighted by Gasteiger charge is 2.49. The Morgan fingerprint density at radius 3 is 2.48 bits per heavy atom. The minimum atomic E-state index is -5.73. The summed E-state index contributed by atoms with van der Waals surface area (Å²) in [6.07, 6.45) is 0.725. The number of ether oxygens (including phenoxy) is 1. The number of rotatable bonds is 4. The molecule has 0 spiro atoms. The van der Waals surface area contributed by atoms with Crippen molar-refractivity contribution in [3.8, 4) is 11.5 Å². The number of para-hydroxylation sites is 1. The molecule has 4 nitrogen and oxygen atoms in total. The monoisotopic (exact) mass is 372 g/mol.